The van der Waals surface area contributed by atoms with E-state index in [-0.39, 0.29) is 5.41 Å². The lowest BCUT2D eigenvalue weighted by Crippen LogP contribution is -2.32. The van der Waals surface area contributed by atoms with Crippen molar-refractivity contribution < 1.29 is 4.43 Å². The number of unbranched alkanes of at least 4 members (excludes halogenated alkanes) is 3. The van der Waals surface area contributed by atoms with Crippen LogP contribution in [0.3, 0.4) is 0 Å². The maximum absolute atomic E-state index is 6.10. The summed E-state index contributed by atoms with van der Waals surface area (Å²) in [4.78, 5) is 0. The van der Waals surface area contributed by atoms with E-state index in [1.807, 2.05) is 0 Å². The average molecular weight is 380 g/mol. The van der Waals surface area contributed by atoms with Crippen molar-refractivity contribution in [2.75, 3.05) is 4.43 Å². The van der Waals surface area contributed by atoms with Crippen molar-refractivity contribution in [3.05, 3.63) is 0 Å². The second-order valence-corrected chi connectivity index (χ2v) is 9.55. The van der Waals surface area contributed by atoms with Gasteiger partial charge in [0.05, 0.1) is 6.10 Å². The molecule has 0 rings (SSSR count). The van der Waals surface area contributed by atoms with Crippen molar-refractivity contribution in [1.29, 1.82) is 0 Å². The lowest BCUT2D eigenvalue weighted by atomic mass is 9.87. The molecule has 0 aliphatic rings. The molecule has 0 bridgehead atoms. The van der Waals surface area contributed by atoms with E-state index in [1.54, 1.807) is 0 Å². The van der Waals surface area contributed by atoms with Gasteiger partial charge in [-0.1, -0.05) is 49.8 Å². The van der Waals surface area contributed by atoms with Crippen LogP contribution in [0.5, 0.6) is 0 Å². The maximum atomic E-state index is 6.10. The first kappa shape index (κ1) is 18.5. The molecule has 0 aromatic carbocycles. The molecule has 0 aliphatic carbocycles. The molecule has 0 aromatic rings. The van der Waals surface area contributed by atoms with Crippen LogP contribution in [0.25, 0.3) is 0 Å². The Hall–Kier alpha value is 0.467. The molecule has 1 nitrogen and oxygen atoms in total. The smallest absolute Gasteiger partial charge is 0.171 e. The maximum Gasteiger partial charge on any atom is 0.171 e. The van der Waals surface area contributed by atoms with Gasteiger partial charge < -0.3 is 4.43 Å². The van der Waals surface area contributed by atoms with Crippen LogP contribution in [0, 0.1) is 17.3 Å². The first-order chi connectivity index (χ1) is 8.38. The van der Waals surface area contributed by atoms with Gasteiger partial charge in [-0.05, 0) is 35.8 Å². The van der Waals surface area contributed by atoms with Crippen LogP contribution in [0.15, 0.2) is 0 Å². The molecule has 3 heteroatoms. The summed E-state index contributed by atoms with van der Waals surface area (Å²) in [6.07, 6.45) is 6.12. The van der Waals surface area contributed by atoms with Gasteiger partial charge in [0, 0.05) is 12.8 Å². The van der Waals surface area contributed by atoms with E-state index in [0.717, 1.165) is 12.8 Å². The van der Waals surface area contributed by atoms with Gasteiger partial charge in [-0.3, -0.25) is 0 Å². The van der Waals surface area contributed by atoms with Crippen LogP contribution >= 0.6 is 22.6 Å². The van der Waals surface area contributed by atoms with Crippen LogP contribution in [-0.4, -0.2) is 19.6 Å². The van der Waals surface area contributed by atoms with Crippen molar-refractivity contribution >= 4 is 31.6 Å². The van der Waals surface area contributed by atoms with Crippen molar-refractivity contribution in [3.63, 3.8) is 0 Å². The number of alkyl halides is 1. The summed E-state index contributed by atoms with van der Waals surface area (Å²) in [6.45, 7) is 11.2. The lowest BCUT2D eigenvalue weighted by molar-refractivity contribution is 0.0911. The molecular formula is C15H29IOSi. The van der Waals surface area contributed by atoms with E-state index in [1.165, 1.54) is 23.7 Å². The van der Waals surface area contributed by atoms with Gasteiger partial charge in [0.2, 0.25) is 0 Å². The molecule has 1 atom stereocenters. The number of hydrogen-bond donors (Lipinski definition) is 0. The highest BCUT2D eigenvalue weighted by molar-refractivity contribution is 14.1. The zero-order valence-electron chi connectivity index (χ0n) is 12.7. The summed E-state index contributed by atoms with van der Waals surface area (Å²) < 4.78 is 7.36. The fourth-order valence-corrected chi connectivity index (χ4v) is 3.33. The van der Waals surface area contributed by atoms with E-state index in [9.17, 15) is 0 Å². The standard InChI is InChI=1S/C15H29IOSi/c1-15(2,3)14(17-18(4)5)12-10-8-6-7-9-11-13-16/h14,18H,6-7,9,11-13H2,1-5H3. The molecule has 0 radical (unpaired) electrons. The Labute approximate surface area is 129 Å². The topological polar surface area (TPSA) is 9.23 Å². The minimum absolute atomic E-state index is 0.202. The third-order valence-electron chi connectivity index (χ3n) is 2.75. The summed E-state index contributed by atoms with van der Waals surface area (Å²) in [5.41, 5.74) is 0.202. The summed E-state index contributed by atoms with van der Waals surface area (Å²) in [6, 6.07) is 0. The van der Waals surface area contributed by atoms with Gasteiger partial charge in [0.1, 0.15) is 0 Å². The normalized spacial score (nSPS) is 13.3. The van der Waals surface area contributed by atoms with E-state index in [4.69, 9.17) is 4.43 Å². The largest absolute Gasteiger partial charge is 0.416 e. The van der Waals surface area contributed by atoms with E-state index >= 15 is 0 Å². The van der Waals surface area contributed by atoms with Gasteiger partial charge in [0.15, 0.2) is 9.04 Å². The van der Waals surface area contributed by atoms with E-state index in [2.05, 4.69) is 68.3 Å². The second-order valence-electron chi connectivity index (χ2n) is 6.10. The van der Waals surface area contributed by atoms with Crippen molar-refractivity contribution in [3.8, 4) is 11.8 Å². The van der Waals surface area contributed by atoms with Gasteiger partial charge in [0.25, 0.3) is 0 Å². The number of halogens is 1. The minimum atomic E-state index is -0.971. The first-order valence-corrected chi connectivity index (χ1v) is 11.4. The minimum Gasteiger partial charge on any atom is -0.416 e. The van der Waals surface area contributed by atoms with Crippen LogP contribution in [0.4, 0.5) is 0 Å². The van der Waals surface area contributed by atoms with E-state index in [0.29, 0.717) is 6.10 Å². The van der Waals surface area contributed by atoms with Crippen LogP contribution < -0.4 is 0 Å². The molecule has 106 valence electrons. The fraction of sp³-hybridized carbons (Fsp3) is 0.867. The van der Waals surface area contributed by atoms with Gasteiger partial charge in [-0.25, -0.2) is 0 Å². The zero-order chi connectivity index (χ0) is 14.0. The summed E-state index contributed by atoms with van der Waals surface area (Å²) in [7, 11) is -0.971. The SMILES string of the molecule is C[SiH](C)OC(CC#CCCCCCI)C(C)(C)C. The summed E-state index contributed by atoms with van der Waals surface area (Å²) in [5, 5.41) is 0. The molecular weight excluding hydrogens is 351 g/mol. The Bertz CT molecular complexity index is 260. The Balaban J connectivity index is 4.00. The number of rotatable bonds is 7. The highest BCUT2D eigenvalue weighted by atomic mass is 127. The van der Waals surface area contributed by atoms with Crippen molar-refractivity contribution in [2.45, 2.75) is 72.1 Å². The van der Waals surface area contributed by atoms with Gasteiger partial charge in [-0.15, -0.1) is 11.8 Å². The molecule has 1 unspecified atom stereocenters. The Morgan fingerprint density at radius 1 is 1.11 bits per heavy atom. The van der Waals surface area contributed by atoms with Gasteiger partial charge in [-0.2, -0.15) is 0 Å². The average Bonchev–Trinajstić information content (AvgIpc) is 2.24. The molecule has 0 amide bonds. The first-order valence-electron chi connectivity index (χ1n) is 7.05. The Kier molecular flexibility index (Phi) is 10.5. The Morgan fingerprint density at radius 3 is 2.28 bits per heavy atom. The summed E-state index contributed by atoms with van der Waals surface area (Å²) >= 11 is 2.44. The van der Waals surface area contributed by atoms with Crippen molar-refractivity contribution in [1.82, 2.24) is 0 Å². The third kappa shape index (κ3) is 10.4. The van der Waals surface area contributed by atoms with Gasteiger partial charge >= 0.3 is 0 Å². The highest BCUT2D eigenvalue weighted by Crippen LogP contribution is 2.25. The third-order valence-corrected chi connectivity index (χ3v) is 4.39. The van der Waals surface area contributed by atoms with Crippen LogP contribution in [-0.2, 0) is 4.43 Å². The highest BCUT2D eigenvalue weighted by Gasteiger charge is 2.25. The predicted octanol–water partition coefficient (Wildman–Crippen LogP) is 4.79. The molecule has 18 heavy (non-hydrogen) atoms. The van der Waals surface area contributed by atoms with Crippen molar-refractivity contribution in [2.24, 2.45) is 5.41 Å². The predicted molar refractivity (Wildman–Crippen MR) is 93.0 cm³/mol. The summed E-state index contributed by atoms with van der Waals surface area (Å²) in [5.74, 6) is 6.62. The van der Waals surface area contributed by atoms with Crippen LogP contribution in [0.1, 0.15) is 52.9 Å². The molecule has 0 aromatic heterocycles. The monoisotopic (exact) mass is 380 g/mol. The second kappa shape index (κ2) is 10.3. The molecule has 0 spiro atoms. The quantitative estimate of drug-likeness (QED) is 0.203. The molecule has 0 heterocycles. The fourth-order valence-electron chi connectivity index (χ4n) is 1.62. The lowest BCUT2D eigenvalue weighted by Gasteiger charge is -2.31. The molecule has 0 N–H and O–H groups in total. The Morgan fingerprint density at radius 2 is 1.78 bits per heavy atom. The van der Waals surface area contributed by atoms with E-state index < -0.39 is 9.04 Å². The van der Waals surface area contributed by atoms with Crippen LogP contribution in [0.2, 0.25) is 13.1 Å². The molecule has 0 fully saturated rings. The number of hydrogen-bond acceptors (Lipinski definition) is 1. The molecule has 0 aliphatic heterocycles. The molecule has 0 saturated heterocycles. The molecule has 0 saturated carbocycles. The zero-order valence-corrected chi connectivity index (χ0v) is 16.0.